The van der Waals surface area contributed by atoms with Gasteiger partial charge in [0, 0.05) is 0 Å². The number of ether oxygens (including phenoxy) is 7. The van der Waals surface area contributed by atoms with Crippen LogP contribution in [0.15, 0.2) is 0 Å². The van der Waals surface area contributed by atoms with E-state index in [4.69, 9.17) is 33.2 Å². The van der Waals surface area contributed by atoms with Crippen LogP contribution in [0.4, 0.5) is 0 Å². The normalized spacial score (nSPS) is 52.9. The molecule has 0 radical (unpaired) electrons. The maximum atomic E-state index is 10.9. The Bertz CT molecular complexity index is 912. The molecule has 4 aliphatic rings. The monoisotopic (exact) mass is 666 g/mol. The summed E-state index contributed by atoms with van der Waals surface area (Å²) >= 11 is 0. The van der Waals surface area contributed by atoms with Gasteiger partial charge >= 0.3 is 0 Å². The van der Waals surface area contributed by atoms with E-state index in [0.717, 1.165) is 0 Å². The Kier molecular flexibility index (Phi) is 12.8. The van der Waals surface area contributed by atoms with Crippen LogP contribution in [0.1, 0.15) is 0 Å². The van der Waals surface area contributed by atoms with Crippen molar-refractivity contribution in [3.63, 3.8) is 0 Å². The van der Waals surface area contributed by atoms with Crippen molar-refractivity contribution in [3.8, 4) is 0 Å². The molecular formula is C24H42O21. The second kappa shape index (κ2) is 15.6. The van der Waals surface area contributed by atoms with Gasteiger partial charge in [0.2, 0.25) is 0 Å². The highest BCUT2D eigenvalue weighted by molar-refractivity contribution is 4.96. The summed E-state index contributed by atoms with van der Waals surface area (Å²) in [5.74, 6) is 0. The third-order valence-electron chi connectivity index (χ3n) is 8.18. The summed E-state index contributed by atoms with van der Waals surface area (Å²) in [6.45, 7) is -3.14. The molecule has 0 amide bonds. The van der Waals surface area contributed by atoms with Crippen LogP contribution in [0.2, 0.25) is 0 Å². The zero-order valence-corrected chi connectivity index (χ0v) is 23.5. The van der Waals surface area contributed by atoms with Crippen LogP contribution in [0, 0.1) is 0 Å². The van der Waals surface area contributed by atoms with E-state index in [1.165, 1.54) is 0 Å². The van der Waals surface area contributed by atoms with Crippen molar-refractivity contribution in [1.29, 1.82) is 0 Å². The highest BCUT2D eigenvalue weighted by Gasteiger charge is 2.53. The Labute approximate surface area is 254 Å². The fourth-order valence-corrected chi connectivity index (χ4v) is 5.44. The average Bonchev–Trinajstić information content (AvgIpc) is 3.03. The number of aliphatic hydroxyl groups is 14. The molecule has 0 aromatic rings. The molecule has 21 heteroatoms. The molecule has 0 bridgehead atoms. The van der Waals surface area contributed by atoms with Gasteiger partial charge in [-0.15, -0.1) is 0 Å². The molecule has 0 unspecified atom stereocenters. The van der Waals surface area contributed by atoms with Gasteiger partial charge in [0.05, 0.1) is 26.4 Å². The minimum absolute atomic E-state index is 0.683. The summed E-state index contributed by atoms with van der Waals surface area (Å²) in [7, 11) is 0. The Morgan fingerprint density at radius 3 is 1.31 bits per heavy atom. The number of rotatable bonds is 10. The fourth-order valence-electron chi connectivity index (χ4n) is 5.44. The summed E-state index contributed by atoms with van der Waals surface area (Å²) in [5.41, 5.74) is 0. The molecule has 264 valence electrons. The smallest absolute Gasteiger partial charge is 0.187 e. The van der Waals surface area contributed by atoms with E-state index in [0.29, 0.717) is 0 Å². The SMILES string of the molecule is OC[C@H]1O[C@@H](OC[C@H]2O[C@H](O[C@H]3[C@H](O)[C@@H](O)[C@@H](O[C@H]4[C@H](O)[C@@H](O)[C@H](O)O[C@@H]4CO)O[C@@H]3CO)[C@H](O)[C@@H](O)[C@@H]2O)[C@H](O)[C@@H](O)[C@@H]1O. The van der Waals surface area contributed by atoms with Crippen molar-refractivity contribution < 1.29 is 105 Å². The molecule has 20 atom stereocenters. The van der Waals surface area contributed by atoms with Crippen molar-refractivity contribution in [3.05, 3.63) is 0 Å². The molecule has 4 aliphatic heterocycles. The van der Waals surface area contributed by atoms with Crippen LogP contribution in [0.3, 0.4) is 0 Å². The molecule has 4 fully saturated rings. The van der Waals surface area contributed by atoms with Gasteiger partial charge in [-0.3, -0.25) is 0 Å². The molecule has 0 aromatic carbocycles. The van der Waals surface area contributed by atoms with Crippen molar-refractivity contribution >= 4 is 0 Å². The number of hydrogen-bond donors (Lipinski definition) is 14. The average molecular weight is 667 g/mol. The van der Waals surface area contributed by atoms with Crippen molar-refractivity contribution in [2.75, 3.05) is 26.4 Å². The first kappa shape index (κ1) is 37.0. The van der Waals surface area contributed by atoms with Gasteiger partial charge < -0.3 is 105 Å². The third-order valence-corrected chi connectivity index (χ3v) is 8.18. The van der Waals surface area contributed by atoms with E-state index in [-0.39, 0.29) is 0 Å². The van der Waals surface area contributed by atoms with E-state index in [1.807, 2.05) is 0 Å². The lowest BCUT2D eigenvalue weighted by Gasteiger charge is -2.48. The van der Waals surface area contributed by atoms with E-state index in [2.05, 4.69) is 0 Å². The second-order valence-corrected chi connectivity index (χ2v) is 11.2. The maximum absolute atomic E-state index is 10.9. The van der Waals surface area contributed by atoms with E-state index < -0.39 is 149 Å². The van der Waals surface area contributed by atoms with Crippen molar-refractivity contribution in [2.45, 2.75) is 123 Å². The summed E-state index contributed by atoms with van der Waals surface area (Å²) in [6, 6.07) is 0. The van der Waals surface area contributed by atoms with Gasteiger partial charge in [-0.25, -0.2) is 0 Å². The third kappa shape index (κ3) is 7.59. The second-order valence-electron chi connectivity index (χ2n) is 11.2. The summed E-state index contributed by atoms with van der Waals surface area (Å²) in [4.78, 5) is 0. The van der Waals surface area contributed by atoms with Crippen molar-refractivity contribution in [2.24, 2.45) is 0 Å². The first-order valence-electron chi connectivity index (χ1n) is 14.1. The minimum atomic E-state index is -2.00. The molecule has 0 spiro atoms. The summed E-state index contributed by atoms with van der Waals surface area (Å²) < 4.78 is 37.5. The lowest BCUT2D eigenvalue weighted by atomic mass is 9.96. The van der Waals surface area contributed by atoms with E-state index >= 15 is 0 Å². The molecule has 4 saturated heterocycles. The quantitative estimate of drug-likeness (QED) is 0.103. The van der Waals surface area contributed by atoms with Gasteiger partial charge in [-0.2, -0.15) is 0 Å². The Hall–Kier alpha value is -0.840. The van der Waals surface area contributed by atoms with Gasteiger partial charge in [-0.05, 0) is 0 Å². The highest BCUT2D eigenvalue weighted by atomic mass is 16.8. The molecule has 4 rings (SSSR count). The molecule has 0 aromatic heterocycles. The molecule has 21 nitrogen and oxygen atoms in total. The first-order valence-corrected chi connectivity index (χ1v) is 14.1. The Morgan fingerprint density at radius 1 is 0.378 bits per heavy atom. The van der Waals surface area contributed by atoms with E-state index in [9.17, 15) is 71.5 Å². The zero-order chi connectivity index (χ0) is 33.3. The molecule has 14 N–H and O–H groups in total. The summed E-state index contributed by atoms with van der Waals surface area (Å²) in [5, 5.41) is 142. The van der Waals surface area contributed by atoms with Gasteiger partial charge in [0.1, 0.15) is 97.7 Å². The minimum Gasteiger partial charge on any atom is -0.394 e. The lowest BCUT2D eigenvalue weighted by Crippen LogP contribution is -2.66. The predicted molar refractivity (Wildman–Crippen MR) is 134 cm³/mol. The fraction of sp³-hybridized carbons (Fsp3) is 1.00. The molecule has 0 aliphatic carbocycles. The largest absolute Gasteiger partial charge is 0.394 e. The number of aliphatic hydroxyl groups excluding tert-OH is 14. The maximum Gasteiger partial charge on any atom is 0.187 e. The molecule has 4 heterocycles. The first-order chi connectivity index (χ1) is 21.2. The van der Waals surface area contributed by atoms with Gasteiger partial charge in [0.15, 0.2) is 25.2 Å². The Balaban J connectivity index is 1.41. The van der Waals surface area contributed by atoms with Gasteiger partial charge in [0.25, 0.3) is 0 Å². The zero-order valence-electron chi connectivity index (χ0n) is 23.5. The molecular weight excluding hydrogens is 624 g/mol. The van der Waals surface area contributed by atoms with Gasteiger partial charge in [-0.1, -0.05) is 0 Å². The molecule has 0 saturated carbocycles. The number of hydrogen-bond acceptors (Lipinski definition) is 21. The molecule has 45 heavy (non-hydrogen) atoms. The van der Waals surface area contributed by atoms with Crippen LogP contribution >= 0.6 is 0 Å². The van der Waals surface area contributed by atoms with Crippen LogP contribution in [-0.2, 0) is 33.2 Å². The van der Waals surface area contributed by atoms with Crippen LogP contribution in [-0.4, -0.2) is 221 Å². The topological polar surface area (TPSA) is 348 Å². The summed E-state index contributed by atoms with van der Waals surface area (Å²) in [6.07, 6.45) is -35.0. The predicted octanol–water partition coefficient (Wildman–Crippen LogP) is -9.75. The Morgan fingerprint density at radius 2 is 0.778 bits per heavy atom. The van der Waals surface area contributed by atoms with Crippen LogP contribution in [0.25, 0.3) is 0 Å². The van der Waals surface area contributed by atoms with Crippen LogP contribution in [0.5, 0.6) is 0 Å². The lowest BCUT2D eigenvalue weighted by molar-refractivity contribution is -0.380. The van der Waals surface area contributed by atoms with E-state index in [1.54, 1.807) is 0 Å². The highest BCUT2D eigenvalue weighted by Crippen LogP contribution is 2.32. The van der Waals surface area contributed by atoms with Crippen LogP contribution < -0.4 is 0 Å². The standard InChI is InChI=1S/C24H42O21/c25-1-5-9(28)11(30)16(35)22(41-5)39-4-8-10(29)12(31)17(36)23(43-8)45-20-7(3-27)42-24(18(37)14(20)33)44-19-6(2-26)40-21(38)15(34)13(19)32/h5-38H,1-4H2/t5-,6-,7-,8-,9-,10-,11+,12+,13-,14-,15-,16-,17-,18-,19-,20-,21-,22-,23-,24-/m1/s1. The van der Waals surface area contributed by atoms with Crippen molar-refractivity contribution in [1.82, 2.24) is 0 Å².